The summed E-state index contributed by atoms with van der Waals surface area (Å²) in [6, 6.07) is 3.91. The first kappa shape index (κ1) is 10.6. The topological polar surface area (TPSA) is 42.5 Å². The Hall–Kier alpha value is -1.59. The van der Waals surface area contributed by atoms with Crippen LogP contribution in [0.25, 0.3) is 4.96 Å². The number of hydrogen-bond acceptors (Lipinski definition) is 4. The molecule has 0 saturated carbocycles. The molecule has 1 N–H and O–H groups in total. The Labute approximate surface area is 103 Å². The number of nitrogens with one attached hydrogen (secondary N) is 1. The van der Waals surface area contributed by atoms with E-state index in [1.54, 1.807) is 17.6 Å². The predicted molar refractivity (Wildman–Crippen MR) is 67.2 cm³/mol. The molecular weight excluding hydrogens is 234 g/mol. The molecule has 5 heteroatoms. The minimum absolute atomic E-state index is 0.801. The molecule has 0 spiro atoms. The van der Waals surface area contributed by atoms with Gasteiger partial charge >= 0.3 is 0 Å². The summed E-state index contributed by atoms with van der Waals surface area (Å²) >= 11 is 1.65. The first-order valence-corrected chi connectivity index (χ1v) is 6.44. The van der Waals surface area contributed by atoms with Crippen LogP contribution in [0.3, 0.4) is 0 Å². The largest absolute Gasteiger partial charge is 0.469 e. The van der Waals surface area contributed by atoms with Crippen LogP contribution < -0.4 is 5.32 Å². The highest BCUT2D eigenvalue weighted by Gasteiger charge is 2.01. The second kappa shape index (κ2) is 4.73. The average Bonchev–Trinajstić information content (AvgIpc) is 3.00. The normalized spacial score (nSPS) is 11.3. The van der Waals surface area contributed by atoms with Crippen LogP contribution in [0.2, 0.25) is 0 Å². The standard InChI is InChI=1S/C12H13N3OS/c1-2-11(16-6-1)3-4-13-8-10-9-15-5-7-17-12(15)14-10/h1-2,5-7,9,13H,3-4,8H2. The fourth-order valence-electron chi connectivity index (χ4n) is 1.74. The van der Waals surface area contributed by atoms with Crippen LogP contribution >= 0.6 is 11.3 Å². The van der Waals surface area contributed by atoms with Gasteiger partial charge < -0.3 is 9.73 Å². The lowest BCUT2D eigenvalue weighted by atomic mass is 10.3. The lowest BCUT2D eigenvalue weighted by Gasteiger charge is -1.99. The van der Waals surface area contributed by atoms with E-state index in [9.17, 15) is 0 Å². The van der Waals surface area contributed by atoms with Crippen molar-refractivity contribution < 1.29 is 4.42 Å². The molecule has 3 heterocycles. The van der Waals surface area contributed by atoms with Crippen molar-refractivity contribution in [3.8, 4) is 0 Å². The van der Waals surface area contributed by atoms with Gasteiger partial charge in [-0.1, -0.05) is 0 Å². The molecule has 0 aromatic carbocycles. The molecule has 3 rings (SSSR count). The van der Waals surface area contributed by atoms with Crippen molar-refractivity contribution in [1.82, 2.24) is 14.7 Å². The van der Waals surface area contributed by atoms with Crippen molar-refractivity contribution in [3.63, 3.8) is 0 Å². The van der Waals surface area contributed by atoms with Crippen molar-refractivity contribution in [2.24, 2.45) is 0 Å². The number of rotatable bonds is 5. The Balaban J connectivity index is 1.49. The van der Waals surface area contributed by atoms with Gasteiger partial charge in [0.15, 0.2) is 4.96 Å². The number of imidazole rings is 1. The van der Waals surface area contributed by atoms with Gasteiger partial charge in [-0.3, -0.25) is 4.40 Å². The predicted octanol–water partition coefficient (Wildman–Crippen LogP) is 2.32. The lowest BCUT2D eigenvalue weighted by Crippen LogP contribution is -2.16. The zero-order chi connectivity index (χ0) is 11.5. The Morgan fingerprint density at radius 1 is 1.47 bits per heavy atom. The van der Waals surface area contributed by atoms with Gasteiger partial charge in [-0.2, -0.15) is 0 Å². The van der Waals surface area contributed by atoms with Gasteiger partial charge in [0.2, 0.25) is 0 Å². The number of hydrogen-bond donors (Lipinski definition) is 1. The van der Waals surface area contributed by atoms with Gasteiger partial charge in [0.1, 0.15) is 5.76 Å². The fourth-order valence-corrected chi connectivity index (χ4v) is 2.46. The third-order valence-electron chi connectivity index (χ3n) is 2.58. The molecule has 17 heavy (non-hydrogen) atoms. The first-order valence-electron chi connectivity index (χ1n) is 5.56. The molecule has 0 bridgehead atoms. The van der Waals surface area contributed by atoms with Crippen molar-refractivity contribution in [2.75, 3.05) is 6.54 Å². The zero-order valence-electron chi connectivity index (χ0n) is 9.30. The minimum atomic E-state index is 0.801. The maximum Gasteiger partial charge on any atom is 0.193 e. The van der Waals surface area contributed by atoms with E-state index in [2.05, 4.69) is 16.5 Å². The molecule has 0 saturated heterocycles. The number of nitrogens with zero attached hydrogens (tertiary/aromatic N) is 2. The van der Waals surface area contributed by atoms with Crippen LogP contribution in [0.1, 0.15) is 11.5 Å². The molecule has 3 aromatic heterocycles. The molecule has 4 nitrogen and oxygen atoms in total. The fraction of sp³-hybridized carbons (Fsp3) is 0.250. The van der Waals surface area contributed by atoms with E-state index < -0.39 is 0 Å². The van der Waals surface area contributed by atoms with E-state index in [4.69, 9.17) is 4.42 Å². The van der Waals surface area contributed by atoms with E-state index in [0.29, 0.717) is 0 Å². The van der Waals surface area contributed by atoms with Crippen molar-refractivity contribution >= 4 is 16.3 Å². The summed E-state index contributed by atoms with van der Waals surface area (Å²) in [5.41, 5.74) is 1.08. The summed E-state index contributed by atoms with van der Waals surface area (Å²) < 4.78 is 7.31. The summed E-state index contributed by atoms with van der Waals surface area (Å²) in [6.07, 6.45) is 6.71. The molecule has 88 valence electrons. The highest BCUT2D eigenvalue weighted by molar-refractivity contribution is 7.15. The Morgan fingerprint density at radius 3 is 3.29 bits per heavy atom. The number of thiazole rings is 1. The van der Waals surface area contributed by atoms with Crippen molar-refractivity contribution in [3.05, 3.63) is 47.6 Å². The molecule has 0 fully saturated rings. The monoisotopic (exact) mass is 247 g/mol. The Morgan fingerprint density at radius 2 is 2.47 bits per heavy atom. The van der Waals surface area contributed by atoms with E-state index in [1.807, 2.05) is 28.1 Å². The van der Waals surface area contributed by atoms with E-state index in [1.165, 1.54) is 0 Å². The van der Waals surface area contributed by atoms with Gasteiger partial charge in [0.25, 0.3) is 0 Å². The highest BCUT2D eigenvalue weighted by atomic mass is 32.1. The van der Waals surface area contributed by atoms with Gasteiger partial charge in [-0.15, -0.1) is 11.3 Å². The van der Waals surface area contributed by atoms with Gasteiger partial charge in [-0.25, -0.2) is 4.98 Å². The number of fused-ring (bicyclic) bond motifs is 1. The van der Waals surface area contributed by atoms with Crippen LogP contribution in [-0.2, 0) is 13.0 Å². The Bertz CT molecular complexity index is 553. The number of furan rings is 1. The second-order valence-electron chi connectivity index (χ2n) is 3.83. The summed E-state index contributed by atoms with van der Waals surface area (Å²) in [6.45, 7) is 1.70. The van der Waals surface area contributed by atoms with Crippen molar-refractivity contribution in [2.45, 2.75) is 13.0 Å². The van der Waals surface area contributed by atoms with Gasteiger partial charge in [-0.05, 0) is 12.1 Å². The minimum Gasteiger partial charge on any atom is -0.469 e. The first-order chi connectivity index (χ1) is 8.42. The van der Waals surface area contributed by atoms with E-state index in [-0.39, 0.29) is 0 Å². The molecule has 0 atom stereocenters. The third kappa shape index (κ3) is 2.40. The molecule has 0 amide bonds. The molecule has 0 aliphatic heterocycles. The maximum absolute atomic E-state index is 5.26. The van der Waals surface area contributed by atoms with Gasteiger partial charge in [0.05, 0.1) is 12.0 Å². The quantitative estimate of drug-likeness (QED) is 0.704. The SMILES string of the molecule is c1coc(CCNCc2cn3ccsc3n2)c1. The van der Waals surface area contributed by atoms with E-state index >= 15 is 0 Å². The third-order valence-corrected chi connectivity index (χ3v) is 3.35. The maximum atomic E-state index is 5.26. The van der Waals surface area contributed by atoms with Crippen LogP contribution in [0.4, 0.5) is 0 Å². The summed E-state index contributed by atoms with van der Waals surface area (Å²) in [7, 11) is 0. The lowest BCUT2D eigenvalue weighted by molar-refractivity contribution is 0.498. The highest BCUT2D eigenvalue weighted by Crippen LogP contribution is 2.11. The second-order valence-corrected chi connectivity index (χ2v) is 4.70. The van der Waals surface area contributed by atoms with E-state index in [0.717, 1.165) is 35.9 Å². The molecule has 0 radical (unpaired) electrons. The average molecular weight is 247 g/mol. The Kier molecular flexibility index (Phi) is 2.94. The van der Waals surface area contributed by atoms with Gasteiger partial charge in [0, 0.05) is 37.3 Å². The molecule has 0 aliphatic carbocycles. The summed E-state index contributed by atoms with van der Waals surface area (Å²) in [4.78, 5) is 5.55. The van der Waals surface area contributed by atoms with Crippen molar-refractivity contribution in [1.29, 1.82) is 0 Å². The number of aromatic nitrogens is 2. The van der Waals surface area contributed by atoms with Crippen LogP contribution in [0.5, 0.6) is 0 Å². The molecule has 0 unspecified atom stereocenters. The smallest absolute Gasteiger partial charge is 0.193 e. The summed E-state index contributed by atoms with van der Waals surface area (Å²) in [5, 5.41) is 5.40. The summed E-state index contributed by atoms with van der Waals surface area (Å²) in [5.74, 6) is 1.02. The van der Waals surface area contributed by atoms with Crippen LogP contribution in [0.15, 0.2) is 40.6 Å². The van der Waals surface area contributed by atoms with Crippen LogP contribution in [0, 0.1) is 0 Å². The molecule has 3 aromatic rings. The molecule has 0 aliphatic rings. The van der Waals surface area contributed by atoms with Crippen LogP contribution in [-0.4, -0.2) is 15.9 Å². The zero-order valence-corrected chi connectivity index (χ0v) is 10.1. The molecular formula is C12H13N3OS.